The molecule has 0 radical (unpaired) electrons. The Bertz CT molecular complexity index is 1100. The van der Waals surface area contributed by atoms with Crippen molar-refractivity contribution < 1.29 is 23.9 Å². The fourth-order valence-corrected chi connectivity index (χ4v) is 4.15. The third-order valence-electron chi connectivity index (χ3n) is 4.95. The molecule has 3 amide bonds. The number of benzene rings is 2. The van der Waals surface area contributed by atoms with E-state index in [2.05, 4.69) is 5.32 Å². The first-order valence-electron chi connectivity index (χ1n) is 10.0. The minimum Gasteiger partial charge on any atom is -0.493 e. The van der Waals surface area contributed by atoms with Crippen molar-refractivity contribution in [2.75, 3.05) is 13.7 Å². The molecule has 9 heteroatoms. The molecule has 0 atom stereocenters. The van der Waals surface area contributed by atoms with E-state index in [0.29, 0.717) is 32.6 Å². The number of hydrogen-bond donors (Lipinski definition) is 1. The molecule has 1 saturated carbocycles. The Kier molecular flexibility index (Phi) is 6.72. The maximum absolute atomic E-state index is 12.8. The quantitative estimate of drug-likeness (QED) is 0.578. The molecule has 0 aromatic heterocycles. The first-order valence-corrected chi connectivity index (χ1v) is 11.2. The van der Waals surface area contributed by atoms with Crippen molar-refractivity contribution in [1.29, 1.82) is 0 Å². The summed E-state index contributed by atoms with van der Waals surface area (Å²) in [7, 11) is 1.49. The van der Waals surface area contributed by atoms with Crippen molar-refractivity contribution in [3.63, 3.8) is 0 Å². The van der Waals surface area contributed by atoms with Gasteiger partial charge in [-0.05, 0) is 60.0 Å². The number of ether oxygens (including phenoxy) is 2. The molecule has 1 aliphatic carbocycles. The van der Waals surface area contributed by atoms with Gasteiger partial charge in [0.25, 0.3) is 17.1 Å². The Morgan fingerprint density at radius 3 is 2.72 bits per heavy atom. The van der Waals surface area contributed by atoms with E-state index < -0.39 is 0 Å². The highest BCUT2D eigenvalue weighted by molar-refractivity contribution is 8.18. The average Bonchev–Trinajstić information content (AvgIpc) is 3.56. The molecule has 0 unspecified atom stereocenters. The molecule has 32 heavy (non-hydrogen) atoms. The zero-order valence-corrected chi connectivity index (χ0v) is 18.9. The van der Waals surface area contributed by atoms with Crippen LogP contribution in [0, 0.1) is 0 Å². The van der Waals surface area contributed by atoms with E-state index >= 15 is 0 Å². The molecule has 2 aromatic rings. The maximum Gasteiger partial charge on any atom is 0.293 e. The SMILES string of the molecule is COc1cc(/C=C2\SC(=O)N(Cc3ccccc3Cl)C2=O)ccc1OCC(=O)NC1CC1. The molecule has 0 spiro atoms. The number of nitrogens with zero attached hydrogens (tertiary/aromatic N) is 1. The van der Waals surface area contributed by atoms with Crippen LogP contribution in [0.3, 0.4) is 0 Å². The van der Waals surface area contributed by atoms with Gasteiger partial charge >= 0.3 is 0 Å². The summed E-state index contributed by atoms with van der Waals surface area (Å²) < 4.78 is 10.9. The molecular weight excluding hydrogens is 452 g/mol. The zero-order chi connectivity index (χ0) is 22.7. The number of thioether (sulfide) groups is 1. The van der Waals surface area contributed by atoms with Gasteiger partial charge in [0.15, 0.2) is 18.1 Å². The van der Waals surface area contributed by atoms with Gasteiger partial charge in [-0.25, -0.2) is 0 Å². The summed E-state index contributed by atoms with van der Waals surface area (Å²) in [6.07, 6.45) is 3.64. The lowest BCUT2D eigenvalue weighted by atomic mass is 10.1. The van der Waals surface area contributed by atoms with Gasteiger partial charge in [0.1, 0.15) is 0 Å². The molecule has 2 aliphatic rings. The van der Waals surface area contributed by atoms with E-state index in [-0.39, 0.29) is 36.2 Å². The number of amides is 3. The third-order valence-corrected chi connectivity index (χ3v) is 6.22. The van der Waals surface area contributed by atoms with Crippen LogP contribution in [-0.2, 0) is 16.1 Å². The number of carbonyl (C=O) groups is 3. The standard InChI is InChI=1S/C23H21ClN2O5S/c1-30-19-10-14(6-9-18(19)31-13-21(27)25-16-7-8-16)11-20-22(28)26(23(29)32-20)12-15-4-2-3-5-17(15)24/h2-6,9-11,16H,7-8,12-13H2,1H3,(H,25,27)/b20-11-. The van der Waals surface area contributed by atoms with Crippen molar-refractivity contribution in [2.24, 2.45) is 0 Å². The second kappa shape index (κ2) is 9.67. The second-order valence-electron chi connectivity index (χ2n) is 7.40. The van der Waals surface area contributed by atoms with Crippen LogP contribution in [0.25, 0.3) is 6.08 Å². The van der Waals surface area contributed by atoms with Crippen LogP contribution in [0.4, 0.5) is 4.79 Å². The van der Waals surface area contributed by atoms with E-state index in [1.54, 1.807) is 42.5 Å². The van der Waals surface area contributed by atoms with Gasteiger partial charge < -0.3 is 14.8 Å². The molecule has 1 heterocycles. The second-order valence-corrected chi connectivity index (χ2v) is 8.80. The largest absolute Gasteiger partial charge is 0.493 e. The lowest BCUT2D eigenvalue weighted by Crippen LogP contribution is -2.30. The summed E-state index contributed by atoms with van der Waals surface area (Å²) in [5, 5.41) is 3.01. The number of rotatable bonds is 8. The predicted molar refractivity (Wildman–Crippen MR) is 123 cm³/mol. The first-order chi connectivity index (χ1) is 15.4. The molecular formula is C23H21ClN2O5S. The molecule has 2 aromatic carbocycles. The number of methoxy groups -OCH3 is 1. The topological polar surface area (TPSA) is 84.9 Å². The third kappa shape index (κ3) is 5.26. The number of hydrogen-bond acceptors (Lipinski definition) is 6. The molecule has 7 nitrogen and oxygen atoms in total. The minimum atomic E-state index is -0.379. The Morgan fingerprint density at radius 1 is 1.22 bits per heavy atom. The molecule has 1 N–H and O–H groups in total. The highest BCUT2D eigenvalue weighted by Crippen LogP contribution is 2.36. The predicted octanol–water partition coefficient (Wildman–Crippen LogP) is 4.24. The highest BCUT2D eigenvalue weighted by Gasteiger charge is 2.35. The number of carbonyl (C=O) groups excluding carboxylic acids is 3. The molecule has 2 fully saturated rings. The Balaban J connectivity index is 1.45. The first kappa shape index (κ1) is 22.2. The van der Waals surface area contributed by atoms with E-state index in [9.17, 15) is 14.4 Å². The Morgan fingerprint density at radius 2 is 2.00 bits per heavy atom. The average molecular weight is 473 g/mol. The molecule has 166 valence electrons. The van der Waals surface area contributed by atoms with Gasteiger partial charge in [-0.15, -0.1) is 0 Å². The summed E-state index contributed by atoms with van der Waals surface area (Å²) in [4.78, 5) is 38.5. The van der Waals surface area contributed by atoms with Gasteiger partial charge in [0, 0.05) is 11.1 Å². The lowest BCUT2D eigenvalue weighted by molar-refractivity contribution is -0.124. The van der Waals surface area contributed by atoms with Crippen molar-refractivity contribution >= 4 is 46.5 Å². The number of halogens is 1. The lowest BCUT2D eigenvalue weighted by Gasteiger charge is -2.13. The molecule has 1 aliphatic heterocycles. The van der Waals surface area contributed by atoms with Gasteiger partial charge in [-0.3, -0.25) is 19.3 Å². The van der Waals surface area contributed by atoms with Crippen molar-refractivity contribution in [3.05, 3.63) is 63.5 Å². The van der Waals surface area contributed by atoms with Gasteiger partial charge in [-0.1, -0.05) is 35.9 Å². The van der Waals surface area contributed by atoms with E-state index in [0.717, 1.165) is 24.6 Å². The van der Waals surface area contributed by atoms with E-state index in [4.69, 9.17) is 21.1 Å². The molecule has 0 bridgehead atoms. The summed E-state index contributed by atoms with van der Waals surface area (Å²) in [5.41, 5.74) is 1.37. The smallest absolute Gasteiger partial charge is 0.293 e. The van der Waals surface area contributed by atoms with Crippen LogP contribution in [-0.4, -0.2) is 41.7 Å². The van der Waals surface area contributed by atoms with E-state index in [1.165, 1.54) is 12.0 Å². The van der Waals surface area contributed by atoms with Crippen molar-refractivity contribution in [1.82, 2.24) is 10.2 Å². The number of imide groups is 1. The number of nitrogens with one attached hydrogen (secondary N) is 1. The Labute approximate surface area is 194 Å². The maximum atomic E-state index is 12.8. The fraction of sp³-hybridized carbons (Fsp3) is 0.261. The zero-order valence-electron chi connectivity index (χ0n) is 17.3. The highest BCUT2D eigenvalue weighted by atomic mass is 35.5. The summed E-state index contributed by atoms with van der Waals surface area (Å²) in [6, 6.07) is 12.5. The van der Waals surface area contributed by atoms with Gasteiger partial charge in [0.2, 0.25) is 0 Å². The van der Waals surface area contributed by atoms with Gasteiger partial charge in [0.05, 0.1) is 18.6 Å². The van der Waals surface area contributed by atoms with Crippen LogP contribution in [0.2, 0.25) is 5.02 Å². The van der Waals surface area contributed by atoms with Crippen LogP contribution < -0.4 is 14.8 Å². The summed E-state index contributed by atoms with van der Waals surface area (Å²) in [5.74, 6) is 0.289. The fourth-order valence-electron chi connectivity index (χ4n) is 3.12. The van der Waals surface area contributed by atoms with Crippen LogP contribution >= 0.6 is 23.4 Å². The van der Waals surface area contributed by atoms with Crippen LogP contribution in [0.15, 0.2) is 47.4 Å². The Hall–Kier alpha value is -2.97. The van der Waals surface area contributed by atoms with Crippen LogP contribution in [0.5, 0.6) is 11.5 Å². The normalized spacial score (nSPS) is 17.1. The van der Waals surface area contributed by atoms with Crippen molar-refractivity contribution in [2.45, 2.75) is 25.4 Å². The van der Waals surface area contributed by atoms with Crippen LogP contribution in [0.1, 0.15) is 24.0 Å². The van der Waals surface area contributed by atoms with Gasteiger partial charge in [-0.2, -0.15) is 0 Å². The summed E-state index contributed by atoms with van der Waals surface area (Å²) >= 11 is 7.04. The molecule has 1 saturated heterocycles. The van der Waals surface area contributed by atoms with E-state index in [1.807, 2.05) is 6.07 Å². The minimum absolute atomic E-state index is 0.104. The van der Waals surface area contributed by atoms with Crippen molar-refractivity contribution in [3.8, 4) is 11.5 Å². The summed E-state index contributed by atoms with van der Waals surface area (Å²) in [6.45, 7) is 0.00778. The molecule has 4 rings (SSSR count). The monoisotopic (exact) mass is 472 g/mol.